The number of rotatable bonds is 4. The average molecular weight is 441 g/mol. The standard InChI is InChI=1S/C23H27N3O6/c1-13-6-2-4-8-15(13)20(28)24-16-9-5-3-7-14-10-11-18(26(14)22(16)30)21(29)25-17-12-19(27)32-23(17)31/h2-6,8,14,16-18,23,31H,7,9-12H2,1H3,(H,24,28)(H,25,29)/b5-3-/t14-,16+,17?,18+,23?/m1/s1. The molecule has 0 bridgehead atoms. The number of aliphatic hydroxyl groups is 1. The quantitative estimate of drug-likeness (QED) is 0.463. The Bertz CT molecular complexity index is 961. The first-order valence-corrected chi connectivity index (χ1v) is 10.9. The SMILES string of the molecule is Cc1ccccc1C(=O)N[C@H]1C/C=C\C[C@@H]2CC[C@@H](C(=O)NC3CC(=O)OC3O)N2C1=O. The second-order valence-electron chi connectivity index (χ2n) is 8.48. The molecule has 0 saturated carbocycles. The number of benzene rings is 1. The Kier molecular flexibility index (Phi) is 6.27. The fraction of sp³-hybridized carbons (Fsp3) is 0.478. The predicted octanol–water partition coefficient (Wildman–Crippen LogP) is 0.553. The van der Waals surface area contributed by atoms with Gasteiger partial charge in [0.15, 0.2) is 0 Å². The average Bonchev–Trinajstić information content (AvgIpc) is 3.31. The van der Waals surface area contributed by atoms with E-state index in [4.69, 9.17) is 0 Å². The van der Waals surface area contributed by atoms with Gasteiger partial charge in [-0.05, 0) is 44.2 Å². The van der Waals surface area contributed by atoms with Crippen LogP contribution in [0.25, 0.3) is 0 Å². The Balaban J connectivity index is 1.50. The zero-order valence-corrected chi connectivity index (χ0v) is 17.8. The van der Waals surface area contributed by atoms with Crippen molar-refractivity contribution in [2.75, 3.05) is 0 Å². The number of esters is 1. The van der Waals surface area contributed by atoms with Gasteiger partial charge in [-0.15, -0.1) is 0 Å². The van der Waals surface area contributed by atoms with Crippen molar-refractivity contribution in [3.05, 3.63) is 47.5 Å². The number of hydrogen-bond acceptors (Lipinski definition) is 6. The molecular weight excluding hydrogens is 414 g/mol. The van der Waals surface area contributed by atoms with Crippen molar-refractivity contribution < 1.29 is 29.0 Å². The van der Waals surface area contributed by atoms with Crippen molar-refractivity contribution in [3.8, 4) is 0 Å². The molecule has 4 rings (SSSR count). The third-order valence-corrected chi connectivity index (χ3v) is 6.31. The molecular formula is C23H27N3O6. The van der Waals surface area contributed by atoms with Crippen LogP contribution in [0.1, 0.15) is 48.0 Å². The van der Waals surface area contributed by atoms with Gasteiger partial charge in [0.25, 0.3) is 5.91 Å². The molecule has 2 fully saturated rings. The second-order valence-corrected chi connectivity index (χ2v) is 8.48. The summed E-state index contributed by atoms with van der Waals surface area (Å²) in [6.07, 6.45) is 4.43. The van der Waals surface area contributed by atoms with Gasteiger partial charge in [-0.2, -0.15) is 0 Å². The molecule has 3 amide bonds. The molecule has 32 heavy (non-hydrogen) atoms. The van der Waals surface area contributed by atoms with Crippen LogP contribution in [-0.2, 0) is 19.1 Å². The highest BCUT2D eigenvalue weighted by Gasteiger charge is 2.45. The van der Waals surface area contributed by atoms with Crippen LogP contribution in [0.15, 0.2) is 36.4 Å². The summed E-state index contributed by atoms with van der Waals surface area (Å²) in [4.78, 5) is 52.2. The van der Waals surface area contributed by atoms with E-state index in [-0.39, 0.29) is 24.3 Å². The zero-order chi connectivity index (χ0) is 22.8. The minimum Gasteiger partial charge on any atom is -0.434 e. The summed E-state index contributed by atoms with van der Waals surface area (Å²) >= 11 is 0. The second kappa shape index (κ2) is 9.12. The lowest BCUT2D eigenvalue weighted by atomic mass is 10.0. The lowest BCUT2D eigenvalue weighted by Crippen LogP contribution is -2.57. The van der Waals surface area contributed by atoms with E-state index >= 15 is 0 Å². The summed E-state index contributed by atoms with van der Waals surface area (Å²) in [5.74, 6) is -1.66. The first-order chi connectivity index (χ1) is 15.3. The van der Waals surface area contributed by atoms with Crippen LogP contribution in [0.2, 0.25) is 0 Å². The van der Waals surface area contributed by atoms with Gasteiger partial charge in [-0.1, -0.05) is 30.4 Å². The van der Waals surface area contributed by atoms with E-state index in [1.807, 2.05) is 31.2 Å². The van der Waals surface area contributed by atoms with Crippen LogP contribution >= 0.6 is 0 Å². The Hall–Kier alpha value is -3.20. The van der Waals surface area contributed by atoms with Gasteiger partial charge in [-0.25, -0.2) is 0 Å². The maximum absolute atomic E-state index is 13.5. The molecule has 9 nitrogen and oxygen atoms in total. The topological polar surface area (TPSA) is 125 Å². The van der Waals surface area contributed by atoms with Crippen LogP contribution < -0.4 is 10.6 Å². The first kappa shape index (κ1) is 22.0. The highest BCUT2D eigenvalue weighted by Crippen LogP contribution is 2.30. The molecule has 0 aliphatic carbocycles. The smallest absolute Gasteiger partial charge is 0.310 e. The Labute approximate surface area is 185 Å². The van der Waals surface area contributed by atoms with Crippen molar-refractivity contribution in [3.63, 3.8) is 0 Å². The largest absolute Gasteiger partial charge is 0.434 e. The first-order valence-electron chi connectivity index (χ1n) is 10.9. The summed E-state index contributed by atoms with van der Waals surface area (Å²) in [6, 6.07) is 4.63. The highest BCUT2D eigenvalue weighted by atomic mass is 16.6. The van der Waals surface area contributed by atoms with E-state index < -0.39 is 36.3 Å². The summed E-state index contributed by atoms with van der Waals surface area (Å²) < 4.78 is 4.68. The van der Waals surface area contributed by atoms with Gasteiger partial charge in [0.2, 0.25) is 18.1 Å². The molecule has 170 valence electrons. The fourth-order valence-electron chi connectivity index (χ4n) is 4.60. The van der Waals surface area contributed by atoms with Crippen LogP contribution in [0.4, 0.5) is 0 Å². The number of amides is 3. The van der Waals surface area contributed by atoms with Gasteiger partial charge in [0.1, 0.15) is 18.1 Å². The molecule has 5 atom stereocenters. The van der Waals surface area contributed by atoms with Gasteiger partial charge in [0, 0.05) is 11.6 Å². The number of carbonyl (C=O) groups excluding carboxylic acids is 4. The maximum atomic E-state index is 13.5. The Morgan fingerprint density at radius 2 is 1.84 bits per heavy atom. The van der Waals surface area contributed by atoms with Gasteiger partial charge in [0.05, 0.1) is 6.42 Å². The van der Waals surface area contributed by atoms with Crippen LogP contribution in [-0.4, -0.2) is 64.2 Å². The minimum absolute atomic E-state index is 0.116. The molecule has 0 spiro atoms. The van der Waals surface area contributed by atoms with Crippen molar-refractivity contribution in [2.45, 2.75) is 69.5 Å². The molecule has 0 aromatic heterocycles. The predicted molar refractivity (Wildman–Crippen MR) is 113 cm³/mol. The fourth-order valence-corrected chi connectivity index (χ4v) is 4.60. The van der Waals surface area contributed by atoms with Gasteiger partial charge >= 0.3 is 5.97 Å². The number of nitrogens with one attached hydrogen (secondary N) is 2. The maximum Gasteiger partial charge on any atom is 0.310 e. The normalized spacial score (nSPS) is 30.7. The zero-order valence-electron chi connectivity index (χ0n) is 17.8. The van der Waals surface area contributed by atoms with E-state index in [1.54, 1.807) is 17.0 Å². The number of fused-ring (bicyclic) bond motifs is 1. The lowest BCUT2D eigenvalue weighted by molar-refractivity contribution is -0.155. The Morgan fingerprint density at radius 3 is 2.56 bits per heavy atom. The van der Waals surface area contributed by atoms with E-state index in [9.17, 15) is 24.3 Å². The van der Waals surface area contributed by atoms with E-state index in [0.29, 0.717) is 31.2 Å². The molecule has 3 aliphatic heterocycles. The summed E-state index contributed by atoms with van der Waals surface area (Å²) in [7, 11) is 0. The van der Waals surface area contributed by atoms with Crippen molar-refractivity contribution in [1.82, 2.24) is 15.5 Å². The third-order valence-electron chi connectivity index (χ3n) is 6.31. The van der Waals surface area contributed by atoms with Crippen LogP contribution in [0, 0.1) is 6.92 Å². The van der Waals surface area contributed by atoms with E-state index in [1.165, 1.54) is 0 Å². The molecule has 3 heterocycles. The summed E-state index contributed by atoms with van der Waals surface area (Å²) in [5, 5.41) is 15.3. The molecule has 2 unspecified atom stereocenters. The molecule has 2 saturated heterocycles. The number of cyclic esters (lactones) is 1. The monoisotopic (exact) mass is 441 g/mol. The lowest BCUT2D eigenvalue weighted by Gasteiger charge is -2.34. The summed E-state index contributed by atoms with van der Waals surface area (Å²) in [5.41, 5.74) is 1.31. The number of ether oxygens (including phenoxy) is 1. The number of aryl methyl sites for hydroxylation is 1. The number of nitrogens with zero attached hydrogens (tertiary/aromatic N) is 1. The molecule has 3 N–H and O–H groups in total. The van der Waals surface area contributed by atoms with Crippen molar-refractivity contribution in [2.24, 2.45) is 0 Å². The third kappa shape index (κ3) is 4.38. The minimum atomic E-state index is -1.39. The van der Waals surface area contributed by atoms with Crippen LogP contribution in [0.3, 0.4) is 0 Å². The number of hydrogen-bond donors (Lipinski definition) is 3. The molecule has 1 aromatic carbocycles. The Morgan fingerprint density at radius 1 is 1.09 bits per heavy atom. The molecule has 9 heteroatoms. The van der Waals surface area contributed by atoms with Gasteiger partial charge < -0.3 is 25.4 Å². The number of aliphatic hydroxyl groups excluding tert-OH is 1. The van der Waals surface area contributed by atoms with Crippen molar-refractivity contribution in [1.29, 1.82) is 0 Å². The molecule has 0 radical (unpaired) electrons. The highest BCUT2D eigenvalue weighted by molar-refractivity contribution is 5.99. The van der Waals surface area contributed by atoms with Crippen LogP contribution in [0.5, 0.6) is 0 Å². The summed E-state index contributed by atoms with van der Waals surface area (Å²) in [6.45, 7) is 1.83. The van der Waals surface area contributed by atoms with Crippen molar-refractivity contribution >= 4 is 23.7 Å². The molecule has 1 aromatic rings. The number of carbonyl (C=O) groups is 4. The van der Waals surface area contributed by atoms with Gasteiger partial charge in [-0.3, -0.25) is 19.2 Å². The van der Waals surface area contributed by atoms with E-state index in [2.05, 4.69) is 15.4 Å². The van der Waals surface area contributed by atoms with E-state index in [0.717, 1.165) is 5.56 Å². The molecule has 3 aliphatic rings.